The Bertz CT molecular complexity index is 623. The van der Waals surface area contributed by atoms with E-state index in [-0.39, 0.29) is 17.6 Å². The average Bonchev–Trinajstić information content (AvgIpc) is 2.99. The van der Waals surface area contributed by atoms with Gasteiger partial charge in [0, 0.05) is 37.6 Å². The van der Waals surface area contributed by atoms with Gasteiger partial charge < -0.3 is 4.74 Å². The summed E-state index contributed by atoms with van der Waals surface area (Å²) >= 11 is 1.83. The van der Waals surface area contributed by atoms with Crippen LogP contribution in [0.25, 0.3) is 0 Å². The van der Waals surface area contributed by atoms with Crippen molar-refractivity contribution in [1.29, 1.82) is 0 Å². The Hall–Kier alpha value is -0.990. The molecule has 4 heterocycles. The number of rotatable bonds is 3. The Morgan fingerprint density at radius 1 is 1.36 bits per heavy atom. The van der Waals surface area contributed by atoms with Gasteiger partial charge in [-0.25, -0.2) is 5.06 Å². The largest absolute Gasteiger partial charge is 0.369 e. The van der Waals surface area contributed by atoms with Crippen LogP contribution in [0.1, 0.15) is 23.3 Å². The highest BCUT2D eigenvalue weighted by Crippen LogP contribution is 2.33. The number of carbonyl (C=O) groups excluding carboxylic acids is 1. The SMILES string of the molecule is Cc1ccsc1CN1CC2(C1)CN(C)[C@@H](C(=O)N1CCCCO1)CO2. The first-order valence-electron chi connectivity index (χ1n) is 9.10. The molecule has 1 aromatic heterocycles. The minimum absolute atomic E-state index is 0.0439. The first-order valence-corrected chi connectivity index (χ1v) is 9.98. The Morgan fingerprint density at radius 2 is 2.20 bits per heavy atom. The van der Waals surface area contributed by atoms with E-state index in [9.17, 15) is 4.79 Å². The highest BCUT2D eigenvalue weighted by molar-refractivity contribution is 7.10. The molecule has 0 saturated carbocycles. The van der Waals surface area contributed by atoms with Gasteiger partial charge >= 0.3 is 0 Å². The van der Waals surface area contributed by atoms with Crippen LogP contribution in [0.3, 0.4) is 0 Å². The number of carbonyl (C=O) groups is 1. The molecule has 25 heavy (non-hydrogen) atoms. The molecule has 3 aliphatic rings. The van der Waals surface area contributed by atoms with E-state index in [2.05, 4.69) is 28.2 Å². The molecule has 138 valence electrons. The number of amides is 1. The molecule has 0 radical (unpaired) electrons. The number of likely N-dealkylation sites (N-methyl/N-ethyl adjacent to an activating group) is 1. The van der Waals surface area contributed by atoms with Crippen LogP contribution in [-0.4, -0.2) is 78.9 Å². The van der Waals surface area contributed by atoms with E-state index in [0.29, 0.717) is 19.8 Å². The van der Waals surface area contributed by atoms with Crippen LogP contribution in [0.15, 0.2) is 11.4 Å². The van der Waals surface area contributed by atoms with Crippen molar-refractivity contribution in [2.24, 2.45) is 0 Å². The summed E-state index contributed by atoms with van der Waals surface area (Å²) in [6, 6.07) is 1.96. The number of morpholine rings is 1. The number of nitrogens with zero attached hydrogens (tertiary/aromatic N) is 3. The van der Waals surface area contributed by atoms with Crippen molar-refractivity contribution in [1.82, 2.24) is 14.9 Å². The van der Waals surface area contributed by atoms with E-state index < -0.39 is 0 Å². The summed E-state index contributed by atoms with van der Waals surface area (Å²) in [4.78, 5) is 24.2. The zero-order valence-corrected chi connectivity index (χ0v) is 15.9. The number of ether oxygens (including phenoxy) is 1. The lowest BCUT2D eigenvalue weighted by molar-refractivity contribution is -0.224. The topological polar surface area (TPSA) is 45.2 Å². The zero-order valence-electron chi connectivity index (χ0n) is 15.1. The fourth-order valence-corrected chi connectivity index (χ4v) is 4.98. The van der Waals surface area contributed by atoms with Gasteiger partial charge in [-0.3, -0.25) is 19.4 Å². The molecule has 1 aromatic rings. The van der Waals surface area contributed by atoms with Gasteiger partial charge in [0.25, 0.3) is 5.91 Å². The van der Waals surface area contributed by atoms with Crippen molar-refractivity contribution < 1.29 is 14.4 Å². The van der Waals surface area contributed by atoms with Crippen LogP contribution >= 0.6 is 11.3 Å². The molecule has 6 nitrogen and oxygen atoms in total. The van der Waals surface area contributed by atoms with Gasteiger partial charge in [0.1, 0.15) is 11.6 Å². The molecule has 0 aromatic carbocycles. The molecular formula is C18H27N3O3S. The van der Waals surface area contributed by atoms with E-state index in [0.717, 1.165) is 39.0 Å². The smallest absolute Gasteiger partial charge is 0.265 e. The van der Waals surface area contributed by atoms with Crippen molar-refractivity contribution in [2.75, 3.05) is 46.4 Å². The first-order chi connectivity index (χ1) is 12.1. The Morgan fingerprint density at radius 3 is 2.84 bits per heavy atom. The Labute approximate surface area is 153 Å². The number of thiophene rings is 1. The summed E-state index contributed by atoms with van der Waals surface area (Å²) in [5.41, 5.74) is 1.26. The van der Waals surface area contributed by atoms with E-state index in [4.69, 9.17) is 9.57 Å². The van der Waals surface area contributed by atoms with Gasteiger partial charge in [0.15, 0.2) is 0 Å². The molecule has 3 saturated heterocycles. The zero-order chi connectivity index (χ0) is 17.4. The second kappa shape index (κ2) is 6.96. The molecule has 0 aliphatic carbocycles. The third-order valence-corrected chi connectivity index (χ3v) is 6.52. The molecule has 7 heteroatoms. The molecule has 1 atom stereocenters. The lowest BCUT2D eigenvalue weighted by Gasteiger charge is -2.55. The van der Waals surface area contributed by atoms with Crippen LogP contribution in [0.2, 0.25) is 0 Å². The third-order valence-electron chi connectivity index (χ3n) is 5.51. The summed E-state index contributed by atoms with van der Waals surface area (Å²) in [5, 5.41) is 3.70. The molecule has 1 spiro atoms. The maximum Gasteiger partial charge on any atom is 0.265 e. The molecule has 1 amide bonds. The van der Waals surface area contributed by atoms with Gasteiger partial charge in [-0.1, -0.05) is 0 Å². The maximum atomic E-state index is 12.7. The van der Waals surface area contributed by atoms with Crippen LogP contribution in [0.4, 0.5) is 0 Å². The van der Waals surface area contributed by atoms with E-state index in [1.54, 1.807) is 5.06 Å². The molecule has 3 aliphatic heterocycles. The highest BCUT2D eigenvalue weighted by atomic mass is 32.1. The van der Waals surface area contributed by atoms with Gasteiger partial charge in [-0.15, -0.1) is 11.3 Å². The number of hydrogen-bond acceptors (Lipinski definition) is 6. The van der Waals surface area contributed by atoms with E-state index >= 15 is 0 Å². The van der Waals surface area contributed by atoms with Gasteiger partial charge in [-0.2, -0.15) is 0 Å². The number of hydrogen-bond donors (Lipinski definition) is 0. The summed E-state index contributed by atoms with van der Waals surface area (Å²) < 4.78 is 6.19. The molecule has 0 bridgehead atoms. The fraction of sp³-hybridized carbons (Fsp3) is 0.722. The monoisotopic (exact) mass is 365 g/mol. The fourth-order valence-electron chi connectivity index (χ4n) is 4.03. The summed E-state index contributed by atoms with van der Waals surface area (Å²) in [6.45, 7) is 7.66. The second-order valence-corrected chi connectivity index (χ2v) is 8.58. The Kier molecular flexibility index (Phi) is 4.85. The molecule has 0 N–H and O–H groups in total. The molecular weight excluding hydrogens is 338 g/mol. The van der Waals surface area contributed by atoms with Gasteiger partial charge in [0.05, 0.1) is 13.2 Å². The third kappa shape index (κ3) is 3.48. The van der Waals surface area contributed by atoms with Gasteiger partial charge in [0.2, 0.25) is 0 Å². The van der Waals surface area contributed by atoms with Crippen molar-refractivity contribution in [3.63, 3.8) is 0 Å². The van der Waals surface area contributed by atoms with Crippen molar-refractivity contribution in [2.45, 2.75) is 38.0 Å². The minimum Gasteiger partial charge on any atom is -0.369 e. The maximum absolute atomic E-state index is 12.7. The second-order valence-electron chi connectivity index (χ2n) is 7.58. The van der Waals surface area contributed by atoms with Crippen LogP contribution in [-0.2, 0) is 20.9 Å². The lowest BCUT2D eigenvalue weighted by atomic mass is 9.90. The summed E-state index contributed by atoms with van der Waals surface area (Å²) in [5.74, 6) is 0.0439. The predicted molar refractivity (Wildman–Crippen MR) is 96.3 cm³/mol. The normalized spacial score (nSPS) is 27.4. The predicted octanol–water partition coefficient (Wildman–Crippen LogP) is 1.50. The van der Waals surface area contributed by atoms with Crippen molar-refractivity contribution in [3.8, 4) is 0 Å². The van der Waals surface area contributed by atoms with E-state index in [1.807, 2.05) is 18.4 Å². The minimum atomic E-state index is -0.225. The summed E-state index contributed by atoms with van der Waals surface area (Å²) in [7, 11) is 2.03. The standard InChI is InChI=1S/C18H27N3O3S/c1-14-5-8-25-16(14)9-20-12-18(13-20)11-19(2)15(10-23-18)17(22)21-6-3-4-7-24-21/h5,8,15H,3-4,6-7,9-13H2,1-2H3/t15-/m1/s1. The van der Waals surface area contributed by atoms with Crippen LogP contribution in [0.5, 0.6) is 0 Å². The quantitative estimate of drug-likeness (QED) is 0.812. The first kappa shape index (κ1) is 17.4. The highest BCUT2D eigenvalue weighted by Gasteiger charge is 2.50. The lowest BCUT2D eigenvalue weighted by Crippen LogP contribution is -2.72. The van der Waals surface area contributed by atoms with Crippen molar-refractivity contribution in [3.05, 3.63) is 21.9 Å². The number of aryl methyl sites for hydroxylation is 1. The van der Waals surface area contributed by atoms with Crippen molar-refractivity contribution >= 4 is 17.2 Å². The van der Waals surface area contributed by atoms with Crippen LogP contribution in [0, 0.1) is 6.92 Å². The molecule has 0 unspecified atom stereocenters. The number of likely N-dealkylation sites (tertiary alicyclic amines) is 1. The Balaban J connectivity index is 1.30. The van der Waals surface area contributed by atoms with Gasteiger partial charge in [-0.05, 0) is 43.8 Å². The van der Waals surface area contributed by atoms with Crippen LogP contribution < -0.4 is 0 Å². The number of hydroxylamine groups is 2. The average molecular weight is 365 g/mol. The summed E-state index contributed by atoms with van der Waals surface area (Å²) in [6.07, 6.45) is 2.05. The molecule has 4 rings (SSSR count). The molecule has 3 fully saturated rings. The van der Waals surface area contributed by atoms with E-state index in [1.165, 1.54) is 10.4 Å².